The Morgan fingerprint density at radius 1 is 0.962 bits per heavy atom. The second-order valence-corrected chi connectivity index (χ2v) is 6.77. The molecule has 3 aromatic rings. The first kappa shape index (κ1) is 17.0. The molecule has 0 aliphatic carbocycles. The van der Waals surface area contributed by atoms with E-state index in [0.717, 1.165) is 49.8 Å². The van der Waals surface area contributed by atoms with Gasteiger partial charge in [-0.25, -0.2) is 4.98 Å². The molecule has 1 saturated heterocycles. The van der Waals surface area contributed by atoms with Crippen molar-refractivity contribution in [2.24, 2.45) is 0 Å². The lowest BCUT2D eigenvalue weighted by Gasteiger charge is -2.24. The van der Waals surface area contributed by atoms with Crippen LogP contribution in [-0.4, -0.2) is 29.1 Å². The summed E-state index contributed by atoms with van der Waals surface area (Å²) in [5, 5.41) is 0. The maximum atomic E-state index is 6.01. The number of aromatic nitrogens is 1. The van der Waals surface area contributed by atoms with Crippen LogP contribution in [0, 0.1) is 0 Å². The molecule has 0 radical (unpaired) electrons. The minimum atomic E-state index is 0.308. The molecule has 1 atom stereocenters. The van der Waals surface area contributed by atoms with E-state index in [2.05, 4.69) is 34.1 Å². The molecule has 0 saturated carbocycles. The van der Waals surface area contributed by atoms with E-state index in [4.69, 9.17) is 9.15 Å². The summed E-state index contributed by atoms with van der Waals surface area (Å²) in [6.45, 7) is 3.32. The van der Waals surface area contributed by atoms with Gasteiger partial charge in [0.25, 0.3) is 0 Å². The van der Waals surface area contributed by atoms with E-state index >= 15 is 0 Å². The molecule has 4 heteroatoms. The predicted octanol–water partition coefficient (Wildman–Crippen LogP) is 4.52. The zero-order valence-electron chi connectivity index (χ0n) is 14.9. The summed E-state index contributed by atoms with van der Waals surface area (Å²) in [6.07, 6.45) is 4.41. The van der Waals surface area contributed by atoms with Crippen LogP contribution in [0.3, 0.4) is 0 Å². The van der Waals surface area contributed by atoms with Crippen LogP contribution in [0.25, 0.3) is 11.3 Å². The fourth-order valence-corrected chi connectivity index (χ4v) is 3.41. The first-order chi connectivity index (χ1) is 12.9. The van der Waals surface area contributed by atoms with E-state index in [1.807, 2.05) is 42.6 Å². The number of hydrogen-bond acceptors (Lipinski definition) is 4. The summed E-state index contributed by atoms with van der Waals surface area (Å²) in [6, 6.07) is 20.6. The SMILES string of the molecule is c1ccc(CN(Cc2ncc(-c3ccccc3)o2)CC2CCCO2)cc1. The van der Waals surface area contributed by atoms with E-state index in [-0.39, 0.29) is 0 Å². The molecule has 0 amide bonds. The molecule has 1 aromatic heterocycles. The monoisotopic (exact) mass is 348 g/mol. The fraction of sp³-hybridized carbons (Fsp3) is 0.318. The number of nitrogens with zero attached hydrogens (tertiary/aromatic N) is 2. The maximum absolute atomic E-state index is 6.01. The Bertz CT molecular complexity index is 795. The number of hydrogen-bond donors (Lipinski definition) is 0. The molecule has 1 fully saturated rings. The van der Waals surface area contributed by atoms with Crippen molar-refractivity contribution >= 4 is 0 Å². The lowest BCUT2D eigenvalue weighted by atomic mass is 10.2. The van der Waals surface area contributed by atoms with E-state index in [0.29, 0.717) is 12.6 Å². The molecule has 0 N–H and O–H groups in total. The smallest absolute Gasteiger partial charge is 0.209 e. The van der Waals surface area contributed by atoms with Gasteiger partial charge >= 0.3 is 0 Å². The van der Waals surface area contributed by atoms with Gasteiger partial charge in [0.15, 0.2) is 5.76 Å². The van der Waals surface area contributed by atoms with E-state index in [1.54, 1.807) is 0 Å². The van der Waals surface area contributed by atoms with Crippen LogP contribution < -0.4 is 0 Å². The summed E-state index contributed by atoms with van der Waals surface area (Å²) < 4.78 is 11.8. The Labute approximate surface area is 154 Å². The predicted molar refractivity (Wildman–Crippen MR) is 101 cm³/mol. The Hall–Kier alpha value is -2.43. The van der Waals surface area contributed by atoms with Gasteiger partial charge in [0.2, 0.25) is 5.89 Å². The van der Waals surface area contributed by atoms with E-state index in [9.17, 15) is 0 Å². The second kappa shape index (κ2) is 8.30. The third-order valence-electron chi connectivity index (χ3n) is 4.71. The van der Waals surface area contributed by atoms with Crippen molar-refractivity contribution in [1.29, 1.82) is 0 Å². The first-order valence-electron chi connectivity index (χ1n) is 9.25. The van der Waals surface area contributed by atoms with Crippen molar-refractivity contribution in [3.05, 3.63) is 78.3 Å². The van der Waals surface area contributed by atoms with Crippen molar-refractivity contribution < 1.29 is 9.15 Å². The van der Waals surface area contributed by atoms with Crippen LogP contribution in [0.2, 0.25) is 0 Å². The molecule has 4 nitrogen and oxygen atoms in total. The Kier molecular flexibility index (Phi) is 5.43. The topological polar surface area (TPSA) is 38.5 Å². The minimum absolute atomic E-state index is 0.308. The average Bonchev–Trinajstić information content (AvgIpc) is 3.35. The highest BCUT2D eigenvalue weighted by atomic mass is 16.5. The molecular formula is C22H24N2O2. The van der Waals surface area contributed by atoms with Crippen LogP contribution in [0.5, 0.6) is 0 Å². The Morgan fingerprint density at radius 3 is 2.46 bits per heavy atom. The van der Waals surface area contributed by atoms with E-state index < -0.39 is 0 Å². The third-order valence-corrected chi connectivity index (χ3v) is 4.71. The van der Waals surface area contributed by atoms with Crippen LogP contribution in [0.1, 0.15) is 24.3 Å². The molecule has 4 rings (SSSR count). The standard InChI is InChI=1S/C22H24N2O2/c1-3-8-18(9-4-1)15-24(16-20-12-7-13-25-20)17-22-23-14-21(26-22)19-10-5-2-6-11-19/h1-6,8-11,14,20H,7,12-13,15-17H2. The van der Waals surface area contributed by atoms with E-state index in [1.165, 1.54) is 5.56 Å². The average molecular weight is 348 g/mol. The molecular weight excluding hydrogens is 324 g/mol. The van der Waals surface area contributed by atoms with Crippen molar-refractivity contribution in [2.75, 3.05) is 13.2 Å². The summed E-state index contributed by atoms with van der Waals surface area (Å²) in [4.78, 5) is 6.87. The highest BCUT2D eigenvalue weighted by molar-refractivity contribution is 5.55. The number of oxazole rings is 1. The maximum Gasteiger partial charge on any atom is 0.209 e. The largest absolute Gasteiger partial charge is 0.439 e. The molecule has 134 valence electrons. The third kappa shape index (κ3) is 4.40. The highest BCUT2D eigenvalue weighted by Gasteiger charge is 2.21. The van der Waals surface area contributed by atoms with Crippen molar-refractivity contribution in [2.45, 2.75) is 32.0 Å². The van der Waals surface area contributed by atoms with Gasteiger partial charge in [0, 0.05) is 25.3 Å². The summed E-state index contributed by atoms with van der Waals surface area (Å²) in [5.41, 5.74) is 2.35. The zero-order valence-corrected chi connectivity index (χ0v) is 14.9. The van der Waals surface area contributed by atoms with Gasteiger partial charge in [-0.15, -0.1) is 0 Å². The normalized spacial score (nSPS) is 17.0. The molecule has 2 aromatic carbocycles. The molecule has 2 heterocycles. The highest BCUT2D eigenvalue weighted by Crippen LogP contribution is 2.22. The van der Waals surface area contributed by atoms with Gasteiger partial charge < -0.3 is 9.15 Å². The Morgan fingerprint density at radius 2 is 1.73 bits per heavy atom. The number of ether oxygens (including phenoxy) is 1. The van der Waals surface area contributed by atoms with Crippen LogP contribution in [0.4, 0.5) is 0 Å². The van der Waals surface area contributed by atoms with Gasteiger partial charge in [-0.2, -0.15) is 0 Å². The van der Waals surface area contributed by atoms with Crippen LogP contribution >= 0.6 is 0 Å². The number of rotatable bonds is 7. The van der Waals surface area contributed by atoms with Crippen molar-refractivity contribution in [3.8, 4) is 11.3 Å². The van der Waals surface area contributed by atoms with Gasteiger partial charge in [-0.1, -0.05) is 60.7 Å². The second-order valence-electron chi connectivity index (χ2n) is 6.77. The minimum Gasteiger partial charge on any atom is -0.439 e. The van der Waals surface area contributed by atoms with Crippen molar-refractivity contribution in [3.63, 3.8) is 0 Å². The number of benzene rings is 2. The summed E-state index contributed by atoms with van der Waals surface area (Å²) >= 11 is 0. The molecule has 0 spiro atoms. The fourth-order valence-electron chi connectivity index (χ4n) is 3.41. The lowest BCUT2D eigenvalue weighted by molar-refractivity contribution is 0.0649. The first-order valence-corrected chi connectivity index (χ1v) is 9.25. The molecule has 0 bridgehead atoms. The molecule has 1 aliphatic rings. The quantitative estimate of drug-likeness (QED) is 0.629. The molecule has 1 aliphatic heterocycles. The lowest BCUT2D eigenvalue weighted by Crippen LogP contribution is -2.31. The summed E-state index contributed by atoms with van der Waals surface area (Å²) in [5.74, 6) is 1.56. The molecule has 26 heavy (non-hydrogen) atoms. The van der Waals surface area contributed by atoms with Crippen LogP contribution in [0.15, 0.2) is 71.3 Å². The summed E-state index contributed by atoms with van der Waals surface area (Å²) in [7, 11) is 0. The Balaban J connectivity index is 1.47. The van der Waals surface area contributed by atoms with Crippen LogP contribution in [-0.2, 0) is 17.8 Å². The van der Waals surface area contributed by atoms with Gasteiger partial charge in [-0.05, 0) is 18.4 Å². The van der Waals surface area contributed by atoms with Gasteiger partial charge in [-0.3, -0.25) is 4.90 Å². The zero-order chi connectivity index (χ0) is 17.6. The van der Waals surface area contributed by atoms with Gasteiger partial charge in [0.05, 0.1) is 18.8 Å². The van der Waals surface area contributed by atoms with Crippen molar-refractivity contribution in [1.82, 2.24) is 9.88 Å². The molecule has 1 unspecified atom stereocenters. The van der Waals surface area contributed by atoms with Gasteiger partial charge in [0.1, 0.15) is 0 Å².